The number of halogens is 1. The molecule has 0 radical (unpaired) electrons. The van der Waals surface area contributed by atoms with Crippen LogP contribution in [0.5, 0.6) is 11.5 Å². The maximum absolute atomic E-state index is 13.4. The second-order valence-electron chi connectivity index (χ2n) is 6.68. The summed E-state index contributed by atoms with van der Waals surface area (Å²) in [6, 6.07) is 11.5. The van der Waals surface area contributed by atoms with Crippen molar-refractivity contribution < 1.29 is 18.7 Å². The highest BCUT2D eigenvalue weighted by Crippen LogP contribution is 2.30. The standard InChI is InChI=1S/C22H24FNO3/c1-26-21-11-10-15(13-22(21)27-2)19-9-4-3-8-18(24-19)14-20(25)16-6-5-7-17(23)12-16/h5-7,10-13,18H,3-4,8-9,14H2,1-2H3. The Kier molecular flexibility index (Phi) is 6.22. The minimum absolute atomic E-state index is 0.0724. The van der Waals surface area contributed by atoms with Crippen molar-refractivity contribution in [3.63, 3.8) is 0 Å². The van der Waals surface area contributed by atoms with Crippen molar-refractivity contribution in [2.75, 3.05) is 14.2 Å². The van der Waals surface area contributed by atoms with Crippen molar-refractivity contribution in [2.24, 2.45) is 4.99 Å². The maximum Gasteiger partial charge on any atom is 0.165 e. The Morgan fingerprint density at radius 3 is 2.67 bits per heavy atom. The Labute approximate surface area is 159 Å². The van der Waals surface area contributed by atoms with Crippen LogP contribution in [-0.4, -0.2) is 31.8 Å². The van der Waals surface area contributed by atoms with E-state index in [1.54, 1.807) is 26.4 Å². The van der Waals surface area contributed by atoms with Gasteiger partial charge in [0.1, 0.15) is 5.82 Å². The van der Waals surface area contributed by atoms with Crippen molar-refractivity contribution >= 4 is 11.5 Å². The first-order chi connectivity index (χ1) is 13.1. The van der Waals surface area contributed by atoms with Gasteiger partial charge in [-0.3, -0.25) is 9.79 Å². The van der Waals surface area contributed by atoms with Gasteiger partial charge in [0.25, 0.3) is 0 Å². The number of ketones is 1. The lowest BCUT2D eigenvalue weighted by Crippen LogP contribution is -2.14. The number of methoxy groups -OCH3 is 2. The highest BCUT2D eigenvalue weighted by atomic mass is 19.1. The fourth-order valence-electron chi connectivity index (χ4n) is 3.40. The molecular formula is C22H24FNO3. The average Bonchev–Trinajstić information content (AvgIpc) is 2.93. The lowest BCUT2D eigenvalue weighted by Gasteiger charge is -2.13. The van der Waals surface area contributed by atoms with Gasteiger partial charge in [0.15, 0.2) is 17.3 Å². The lowest BCUT2D eigenvalue weighted by atomic mass is 10.0. The van der Waals surface area contributed by atoms with E-state index in [4.69, 9.17) is 14.5 Å². The average molecular weight is 369 g/mol. The van der Waals surface area contributed by atoms with Crippen molar-refractivity contribution in [1.82, 2.24) is 0 Å². The number of benzene rings is 2. The van der Waals surface area contributed by atoms with E-state index in [2.05, 4.69) is 0 Å². The molecule has 1 unspecified atom stereocenters. The predicted molar refractivity (Wildman–Crippen MR) is 104 cm³/mol. The summed E-state index contributed by atoms with van der Waals surface area (Å²) in [7, 11) is 3.21. The van der Waals surface area contributed by atoms with E-state index >= 15 is 0 Å². The number of carbonyl (C=O) groups is 1. The quantitative estimate of drug-likeness (QED) is 0.684. The Balaban J connectivity index is 1.82. The van der Waals surface area contributed by atoms with Gasteiger partial charge in [-0.1, -0.05) is 18.6 Å². The van der Waals surface area contributed by atoms with Gasteiger partial charge in [0, 0.05) is 17.7 Å². The van der Waals surface area contributed by atoms with Gasteiger partial charge >= 0.3 is 0 Å². The fourth-order valence-corrected chi connectivity index (χ4v) is 3.40. The summed E-state index contributed by atoms with van der Waals surface area (Å²) in [6.45, 7) is 0. The fraction of sp³-hybridized carbons (Fsp3) is 0.364. The second-order valence-corrected chi connectivity index (χ2v) is 6.68. The summed E-state index contributed by atoms with van der Waals surface area (Å²) < 4.78 is 24.1. The van der Waals surface area contributed by atoms with E-state index in [9.17, 15) is 9.18 Å². The summed E-state index contributed by atoms with van der Waals surface area (Å²) in [5, 5.41) is 0. The molecule has 2 aromatic carbocycles. The SMILES string of the molecule is COc1ccc(C2=NC(CC(=O)c3cccc(F)c3)CCCC2)cc1OC. The molecule has 1 heterocycles. The Hall–Kier alpha value is -2.69. The highest BCUT2D eigenvalue weighted by Gasteiger charge is 2.19. The van der Waals surface area contributed by atoms with E-state index in [0.29, 0.717) is 23.5 Å². The molecule has 5 heteroatoms. The number of nitrogens with zero attached hydrogens (tertiary/aromatic N) is 1. The van der Waals surface area contributed by atoms with E-state index in [1.807, 2.05) is 18.2 Å². The number of ether oxygens (including phenoxy) is 2. The van der Waals surface area contributed by atoms with Crippen LogP contribution in [0.25, 0.3) is 0 Å². The smallest absolute Gasteiger partial charge is 0.165 e. The van der Waals surface area contributed by atoms with Crippen LogP contribution in [0.1, 0.15) is 48.0 Å². The van der Waals surface area contributed by atoms with Crippen LogP contribution in [0.4, 0.5) is 4.39 Å². The molecule has 4 nitrogen and oxygen atoms in total. The van der Waals surface area contributed by atoms with Crippen LogP contribution >= 0.6 is 0 Å². The summed E-state index contributed by atoms with van der Waals surface area (Å²) in [4.78, 5) is 17.4. The largest absolute Gasteiger partial charge is 0.493 e. The topological polar surface area (TPSA) is 47.9 Å². The molecule has 0 N–H and O–H groups in total. The number of hydrogen-bond acceptors (Lipinski definition) is 4. The molecule has 0 saturated carbocycles. The minimum atomic E-state index is -0.392. The van der Waals surface area contributed by atoms with Gasteiger partial charge < -0.3 is 9.47 Å². The summed E-state index contributed by atoms with van der Waals surface area (Å²) >= 11 is 0. The molecule has 0 aromatic heterocycles. The zero-order valence-corrected chi connectivity index (χ0v) is 15.7. The molecule has 0 fully saturated rings. The molecular weight excluding hydrogens is 345 g/mol. The molecule has 1 atom stereocenters. The third kappa shape index (κ3) is 4.73. The van der Waals surface area contributed by atoms with Crippen molar-refractivity contribution in [3.05, 3.63) is 59.4 Å². The normalized spacial score (nSPS) is 17.0. The second kappa shape index (κ2) is 8.80. The maximum atomic E-state index is 13.4. The molecule has 1 aliphatic rings. The van der Waals surface area contributed by atoms with Gasteiger partial charge in [-0.25, -0.2) is 4.39 Å². The van der Waals surface area contributed by atoms with Crippen LogP contribution in [0.15, 0.2) is 47.5 Å². The van der Waals surface area contributed by atoms with Crippen LogP contribution in [0.3, 0.4) is 0 Å². The van der Waals surface area contributed by atoms with Crippen LogP contribution in [-0.2, 0) is 0 Å². The van der Waals surface area contributed by atoms with Crippen molar-refractivity contribution in [1.29, 1.82) is 0 Å². The molecule has 0 amide bonds. The summed E-state index contributed by atoms with van der Waals surface area (Å²) in [5.74, 6) is 0.871. The monoisotopic (exact) mass is 369 g/mol. The van der Waals surface area contributed by atoms with Crippen molar-refractivity contribution in [2.45, 2.75) is 38.1 Å². The number of carbonyl (C=O) groups excluding carboxylic acids is 1. The summed E-state index contributed by atoms with van der Waals surface area (Å²) in [6.07, 6.45) is 4.05. The molecule has 0 bridgehead atoms. The van der Waals surface area contributed by atoms with Gasteiger partial charge in [-0.05, 0) is 55.2 Å². The van der Waals surface area contributed by atoms with E-state index in [1.165, 1.54) is 12.1 Å². The molecule has 1 aliphatic heterocycles. The molecule has 27 heavy (non-hydrogen) atoms. The third-order valence-electron chi connectivity index (χ3n) is 4.82. The first-order valence-corrected chi connectivity index (χ1v) is 9.18. The zero-order valence-electron chi connectivity index (χ0n) is 15.7. The first-order valence-electron chi connectivity index (χ1n) is 9.18. The number of Topliss-reactive ketones (excluding diaryl/α,β-unsaturated/α-hetero) is 1. The van der Waals surface area contributed by atoms with E-state index < -0.39 is 5.82 Å². The van der Waals surface area contributed by atoms with Gasteiger partial charge in [-0.2, -0.15) is 0 Å². The van der Waals surface area contributed by atoms with E-state index in [0.717, 1.165) is 37.0 Å². The van der Waals surface area contributed by atoms with Crippen molar-refractivity contribution in [3.8, 4) is 11.5 Å². The number of hydrogen-bond donors (Lipinski definition) is 0. The molecule has 0 spiro atoms. The van der Waals surface area contributed by atoms with Gasteiger partial charge in [0.05, 0.1) is 20.3 Å². The Morgan fingerprint density at radius 1 is 1.11 bits per heavy atom. The number of aliphatic imine (C=N–C) groups is 1. The third-order valence-corrected chi connectivity index (χ3v) is 4.82. The highest BCUT2D eigenvalue weighted by molar-refractivity contribution is 6.02. The predicted octanol–water partition coefficient (Wildman–Crippen LogP) is 4.85. The molecule has 142 valence electrons. The minimum Gasteiger partial charge on any atom is -0.493 e. The van der Waals surface area contributed by atoms with E-state index in [-0.39, 0.29) is 11.8 Å². The number of rotatable bonds is 6. The van der Waals surface area contributed by atoms with Crippen LogP contribution < -0.4 is 9.47 Å². The zero-order chi connectivity index (χ0) is 19.2. The first kappa shape index (κ1) is 19.1. The van der Waals surface area contributed by atoms with Gasteiger partial charge in [0.2, 0.25) is 0 Å². The Morgan fingerprint density at radius 2 is 1.93 bits per heavy atom. The molecule has 3 rings (SSSR count). The van der Waals surface area contributed by atoms with Gasteiger partial charge in [-0.15, -0.1) is 0 Å². The van der Waals surface area contributed by atoms with Crippen LogP contribution in [0, 0.1) is 5.82 Å². The molecule has 0 aliphatic carbocycles. The Bertz CT molecular complexity index is 847. The lowest BCUT2D eigenvalue weighted by molar-refractivity contribution is 0.0973. The summed E-state index contributed by atoms with van der Waals surface area (Å²) in [5.41, 5.74) is 2.37. The molecule has 2 aromatic rings. The van der Waals surface area contributed by atoms with Crippen LogP contribution in [0.2, 0.25) is 0 Å². The molecule has 0 saturated heterocycles.